The van der Waals surface area contributed by atoms with Gasteiger partial charge in [-0.3, -0.25) is 19.6 Å². The van der Waals surface area contributed by atoms with E-state index in [1.54, 1.807) is 60.8 Å². The summed E-state index contributed by atoms with van der Waals surface area (Å²) in [7, 11) is 0. The zero-order valence-corrected chi connectivity index (χ0v) is 17.8. The monoisotopic (exact) mass is 454 g/mol. The van der Waals surface area contributed by atoms with Crippen molar-refractivity contribution in [2.45, 2.75) is 0 Å². The highest BCUT2D eigenvalue weighted by molar-refractivity contribution is 6.05. The third-order valence-electron chi connectivity index (χ3n) is 4.58. The lowest BCUT2D eigenvalue weighted by atomic mass is 10.2. The second-order valence-electron chi connectivity index (χ2n) is 7.07. The number of halogens is 1. The fraction of sp³-hybridized carbons (Fsp3) is 0. The number of carbonyl (C=O) groups excluding carboxylic acids is 2. The normalized spacial score (nSPS) is 10.6. The molecule has 0 fully saturated rings. The zero-order valence-electron chi connectivity index (χ0n) is 17.8. The maximum atomic E-state index is 14.4. The van der Waals surface area contributed by atoms with E-state index in [0.717, 1.165) is 0 Å². The van der Waals surface area contributed by atoms with Gasteiger partial charge in [0.15, 0.2) is 11.6 Å². The molecule has 0 aliphatic heterocycles. The first kappa shape index (κ1) is 22.3. The van der Waals surface area contributed by atoms with Gasteiger partial charge >= 0.3 is 0 Å². The highest BCUT2D eigenvalue weighted by atomic mass is 19.1. The first-order chi connectivity index (χ1) is 16.6. The second kappa shape index (κ2) is 10.6. The topological polar surface area (TPSA) is 93.2 Å². The summed E-state index contributed by atoms with van der Waals surface area (Å²) in [5, 5.41) is 5.48. The molecule has 7 nitrogen and oxygen atoms in total. The Bertz CT molecular complexity index is 1330. The lowest BCUT2D eigenvalue weighted by Crippen LogP contribution is -2.12. The van der Waals surface area contributed by atoms with Gasteiger partial charge in [-0.05, 0) is 66.2 Å². The van der Waals surface area contributed by atoms with Gasteiger partial charge in [-0.25, -0.2) is 4.39 Å². The van der Waals surface area contributed by atoms with Crippen molar-refractivity contribution in [1.29, 1.82) is 0 Å². The minimum absolute atomic E-state index is 0.0558. The molecule has 0 saturated heterocycles. The second-order valence-corrected chi connectivity index (χ2v) is 7.07. The van der Waals surface area contributed by atoms with E-state index >= 15 is 0 Å². The summed E-state index contributed by atoms with van der Waals surface area (Å²) in [6.07, 6.45) is 8.92. The third-order valence-corrected chi connectivity index (χ3v) is 4.58. The number of hydrogen-bond donors (Lipinski definition) is 2. The molecule has 4 aromatic rings. The smallest absolute Gasteiger partial charge is 0.255 e. The molecule has 0 saturated carbocycles. The Kier molecular flexibility index (Phi) is 7.00. The quantitative estimate of drug-likeness (QED) is 0.369. The van der Waals surface area contributed by atoms with Gasteiger partial charge in [0.2, 0.25) is 5.91 Å². The molecule has 0 bridgehead atoms. The minimum Gasteiger partial charge on any atom is -0.453 e. The van der Waals surface area contributed by atoms with Crippen LogP contribution in [-0.2, 0) is 4.79 Å². The van der Waals surface area contributed by atoms with Crippen molar-refractivity contribution in [1.82, 2.24) is 9.97 Å². The number of nitrogens with one attached hydrogen (secondary N) is 2. The highest BCUT2D eigenvalue weighted by Crippen LogP contribution is 2.25. The number of anilines is 2. The minimum atomic E-state index is -0.566. The number of nitrogens with zero attached hydrogens (tertiary/aromatic N) is 2. The van der Waals surface area contributed by atoms with Crippen LogP contribution in [0, 0.1) is 5.82 Å². The molecular formula is C26H19FN4O3. The van der Waals surface area contributed by atoms with Crippen LogP contribution in [0.2, 0.25) is 0 Å². The van der Waals surface area contributed by atoms with Crippen LogP contribution < -0.4 is 15.4 Å². The first-order valence-corrected chi connectivity index (χ1v) is 10.2. The summed E-state index contributed by atoms with van der Waals surface area (Å²) >= 11 is 0. The fourth-order valence-corrected chi connectivity index (χ4v) is 2.98. The number of benzene rings is 2. The van der Waals surface area contributed by atoms with Gasteiger partial charge in [-0.15, -0.1) is 0 Å². The molecule has 34 heavy (non-hydrogen) atoms. The lowest BCUT2D eigenvalue weighted by Gasteiger charge is -2.08. The Morgan fingerprint density at radius 2 is 1.65 bits per heavy atom. The fourth-order valence-electron chi connectivity index (χ4n) is 2.98. The predicted molar refractivity (Wildman–Crippen MR) is 127 cm³/mol. The third kappa shape index (κ3) is 6.10. The van der Waals surface area contributed by atoms with E-state index in [2.05, 4.69) is 20.6 Å². The molecule has 168 valence electrons. The Labute approximate surface area is 195 Å². The van der Waals surface area contributed by atoms with Crippen LogP contribution in [-0.4, -0.2) is 21.8 Å². The number of amides is 2. The Balaban J connectivity index is 1.36. The zero-order chi connectivity index (χ0) is 23.8. The maximum Gasteiger partial charge on any atom is 0.255 e. The van der Waals surface area contributed by atoms with E-state index in [4.69, 9.17) is 4.74 Å². The van der Waals surface area contributed by atoms with Gasteiger partial charge in [-0.1, -0.05) is 12.1 Å². The first-order valence-electron chi connectivity index (χ1n) is 10.2. The Morgan fingerprint density at radius 1 is 0.853 bits per heavy atom. The molecule has 0 atom stereocenters. The van der Waals surface area contributed by atoms with Crippen LogP contribution in [0.3, 0.4) is 0 Å². The van der Waals surface area contributed by atoms with E-state index in [1.807, 2.05) is 0 Å². The molecule has 0 aliphatic rings. The molecule has 0 spiro atoms. The molecule has 0 unspecified atom stereocenters. The van der Waals surface area contributed by atoms with Gasteiger partial charge in [0, 0.05) is 41.6 Å². The van der Waals surface area contributed by atoms with Gasteiger partial charge in [0.05, 0.1) is 6.20 Å². The average molecular weight is 454 g/mol. The van der Waals surface area contributed by atoms with Gasteiger partial charge in [-0.2, -0.15) is 0 Å². The molecule has 0 aliphatic carbocycles. The van der Waals surface area contributed by atoms with Crippen LogP contribution >= 0.6 is 0 Å². The van der Waals surface area contributed by atoms with Gasteiger partial charge < -0.3 is 15.4 Å². The largest absolute Gasteiger partial charge is 0.453 e. The molecule has 2 aromatic carbocycles. The van der Waals surface area contributed by atoms with Crippen LogP contribution in [0.4, 0.5) is 15.8 Å². The van der Waals surface area contributed by atoms with E-state index in [9.17, 15) is 14.0 Å². The molecule has 0 radical (unpaired) electrons. The molecular weight excluding hydrogens is 435 g/mol. The number of rotatable bonds is 7. The van der Waals surface area contributed by atoms with Crippen molar-refractivity contribution in [3.63, 3.8) is 0 Å². The highest BCUT2D eigenvalue weighted by Gasteiger charge is 2.08. The summed E-state index contributed by atoms with van der Waals surface area (Å²) in [4.78, 5) is 32.4. The van der Waals surface area contributed by atoms with Crippen molar-refractivity contribution >= 4 is 29.3 Å². The Morgan fingerprint density at radius 3 is 2.38 bits per heavy atom. The van der Waals surface area contributed by atoms with E-state index in [-0.39, 0.29) is 11.7 Å². The molecule has 8 heteroatoms. The standard InChI is InChI=1S/C26H19FN4O3/c27-23-15-18(6-8-24(23)34-22-5-2-12-29-17-22)7-9-25(32)30-20-3-1-4-21(16-20)31-26(33)19-10-13-28-14-11-19/h1-17H,(H,30,32)(H,31,33)/b9-7+. The van der Waals surface area contributed by atoms with Crippen molar-refractivity contribution in [2.75, 3.05) is 10.6 Å². The Hall–Kier alpha value is -4.85. The molecule has 2 aromatic heterocycles. The van der Waals surface area contributed by atoms with Crippen molar-refractivity contribution in [3.8, 4) is 11.5 Å². The van der Waals surface area contributed by atoms with Crippen LogP contribution in [0.1, 0.15) is 15.9 Å². The van der Waals surface area contributed by atoms with Crippen LogP contribution in [0.25, 0.3) is 6.08 Å². The van der Waals surface area contributed by atoms with Crippen LogP contribution in [0.15, 0.2) is 97.6 Å². The van der Waals surface area contributed by atoms with E-state index in [0.29, 0.717) is 28.3 Å². The summed E-state index contributed by atoms with van der Waals surface area (Å²) < 4.78 is 19.8. The van der Waals surface area contributed by atoms with Gasteiger partial charge in [0.25, 0.3) is 5.91 Å². The van der Waals surface area contributed by atoms with Crippen molar-refractivity contribution < 1.29 is 18.7 Å². The number of pyridine rings is 2. The number of ether oxygens (including phenoxy) is 1. The summed E-state index contributed by atoms with van der Waals surface area (Å²) in [6, 6.07) is 17.7. The van der Waals surface area contributed by atoms with E-state index in [1.165, 1.54) is 42.9 Å². The van der Waals surface area contributed by atoms with Crippen LogP contribution in [0.5, 0.6) is 11.5 Å². The summed E-state index contributed by atoms with van der Waals surface area (Å²) in [5.41, 5.74) is 1.98. The summed E-state index contributed by atoms with van der Waals surface area (Å²) in [6.45, 7) is 0. The SMILES string of the molecule is O=C(/C=C/c1ccc(Oc2cccnc2)c(F)c1)Nc1cccc(NC(=O)c2ccncc2)c1. The summed E-state index contributed by atoms with van der Waals surface area (Å²) in [5.74, 6) is -0.787. The average Bonchev–Trinajstić information content (AvgIpc) is 2.86. The van der Waals surface area contributed by atoms with Gasteiger partial charge in [0.1, 0.15) is 5.75 Å². The number of hydrogen-bond acceptors (Lipinski definition) is 5. The molecule has 2 N–H and O–H groups in total. The molecule has 2 amide bonds. The van der Waals surface area contributed by atoms with Crippen molar-refractivity contribution in [3.05, 3.63) is 115 Å². The lowest BCUT2D eigenvalue weighted by molar-refractivity contribution is -0.111. The molecule has 4 rings (SSSR count). The number of carbonyl (C=O) groups is 2. The predicted octanol–water partition coefficient (Wildman–Crippen LogP) is 5.31. The molecule has 2 heterocycles. The van der Waals surface area contributed by atoms with E-state index < -0.39 is 11.7 Å². The number of aromatic nitrogens is 2. The maximum absolute atomic E-state index is 14.4. The van der Waals surface area contributed by atoms with Crippen molar-refractivity contribution in [2.24, 2.45) is 0 Å².